The molecule has 2 heterocycles. The van der Waals surface area contributed by atoms with Crippen LogP contribution < -0.4 is 14.2 Å². The van der Waals surface area contributed by atoms with Crippen molar-refractivity contribution in [2.24, 2.45) is 0 Å². The Kier molecular flexibility index (Phi) is 5.33. The van der Waals surface area contributed by atoms with Crippen LogP contribution in [-0.4, -0.2) is 53.7 Å². The smallest absolute Gasteiger partial charge is 0.480 e. The first-order valence-corrected chi connectivity index (χ1v) is 8.03. The van der Waals surface area contributed by atoms with Crippen LogP contribution in [0.25, 0.3) is 0 Å². The summed E-state index contributed by atoms with van der Waals surface area (Å²) in [7, 11) is 1.48. The standard InChI is InChI=1S/C17H16F3N3O4/c1-25-14-6-7-15(22-21-14)26-13-8-9-23(10-13)16(24)11-2-4-12(5-3-11)27-17(18,19)20/h2-7,13H,8-10H2,1H3. The molecule has 1 amide bonds. The summed E-state index contributed by atoms with van der Waals surface area (Å²) in [4.78, 5) is 14.1. The van der Waals surface area contributed by atoms with Crippen LogP contribution in [0, 0.1) is 0 Å². The van der Waals surface area contributed by atoms with Crippen molar-refractivity contribution in [3.05, 3.63) is 42.0 Å². The molecule has 1 saturated heterocycles. The molecule has 0 aliphatic carbocycles. The molecule has 1 aromatic heterocycles. The molecule has 0 bridgehead atoms. The molecule has 27 heavy (non-hydrogen) atoms. The average molecular weight is 383 g/mol. The number of ether oxygens (including phenoxy) is 3. The van der Waals surface area contributed by atoms with E-state index < -0.39 is 6.36 Å². The lowest BCUT2D eigenvalue weighted by Crippen LogP contribution is -2.31. The number of alkyl halides is 3. The third kappa shape index (κ3) is 4.99. The van der Waals surface area contributed by atoms with E-state index in [1.165, 1.54) is 19.2 Å². The third-order valence-corrected chi connectivity index (χ3v) is 3.88. The first-order chi connectivity index (χ1) is 12.8. The van der Waals surface area contributed by atoms with Crippen LogP contribution in [0.1, 0.15) is 16.8 Å². The Bertz CT molecular complexity index is 782. The van der Waals surface area contributed by atoms with E-state index in [0.717, 1.165) is 12.1 Å². The second-order valence-corrected chi connectivity index (χ2v) is 5.77. The topological polar surface area (TPSA) is 73.8 Å². The van der Waals surface area contributed by atoms with Crippen molar-refractivity contribution < 1.29 is 32.2 Å². The Balaban J connectivity index is 1.56. The summed E-state index contributed by atoms with van der Waals surface area (Å²) in [6, 6.07) is 8.05. The average Bonchev–Trinajstić information content (AvgIpc) is 3.09. The van der Waals surface area contributed by atoms with Gasteiger partial charge in [-0.25, -0.2) is 0 Å². The summed E-state index contributed by atoms with van der Waals surface area (Å²) < 4.78 is 51.0. The summed E-state index contributed by atoms with van der Waals surface area (Å²) in [5, 5.41) is 7.68. The van der Waals surface area contributed by atoms with E-state index in [4.69, 9.17) is 9.47 Å². The summed E-state index contributed by atoms with van der Waals surface area (Å²) in [5.41, 5.74) is 0.273. The van der Waals surface area contributed by atoms with Crippen LogP contribution >= 0.6 is 0 Å². The third-order valence-electron chi connectivity index (χ3n) is 3.88. The molecule has 0 N–H and O–H groups in total. The highest BCUT2D eigenvalue weighted by atomic mass is 19.4. The number of likely N-dealkylation sites (tertiary alicyclic amines) is 1. The molecular weight excluding hydrogens is 367 g/mol. The molecule has 1 fully saturated rings. The Labute approximate surface area is 152 Å². The number of aromatic nitrogens is 2. The Morgan fingerprint density at radius 1 is 1.11 bits per heavy atom. The SMILES string of the molecule is COc1ccc(OC2CCN(C(=O)c3ccc(OC(F)(F)F)cc3)C2)nn1. The molecule has 10 heteroatoms. The van der Waals surface area contributed by atoms with Gasteiger partial charge in [0.2, 0.25) is 11.8 Å². The van der Waals surface area contributed by atoms with E-state index in [-0.39, 0.29) is 23.3 Å². The van der Waals surface area contributed by atoms with Crippen molar-refractivity contribution in [1.29, 1.82) is 0 Å². The predicted molar refractivity (Wildman–Crippen MR) is 86.6 cm³/mol. The van der Waals surface area contributed by atoms with E-state index in [1.54, 1.807) is 17.0 Å². The summed E-state index contributed by atoms with van der Waals surface area (Å²) in [6.45, 7) is 0.807. The minimum Gasteiger partial charge on any atom is -0.480 e. The number of carbonyl (C=O) groups excluding carboxylic acids is 1. The first-order valence-electron chi connectivity index (χ1n) is 8.03. The Morgan fingerprint density at radius 2 is 1.78 bits per heavy atom. The number of hydrogen-bond donors (Lipinski definition) is 0. The maximum absolute atomic E-state index is 12.5. The number of methoxy groups -OCH3 is 1. The monoisotopic (exact) mass is 383 g/mol. The van der Waals surface area contributed by atoms with E-state index in [2.05, 4.69) is 14.9 Å². The van der Waals surface area contributed by atoms with Gasteiger partial charge in [0.25, 0.3) is 5.91 Å². The number of rotatable bonds is 5. The van der Waals surface area contributed by atoms with Gasteiger partial charge in [-0.3, -0.25) is 4.79 Å². The molecule has 0 radical (unpaired) electrons. The molecule has 1 aromatic carbocycles. The molecule has 2 aromatic rings. The highest BCUT2D eigenvalue weighted by Crippen LogP contribution is 2.24. The Hall–Kier alpha value is -3.04. The van der Waals surface area contributed by atoms with Gasteiger partial charge in [0, 0.05) is 30.7 Å². The molecule has 144 valence electrons. The van der Waals surface area contributed by atoms with Crippen LogP contribution in [0.2, 0.25) is 0 Å². The van der Waals surface area contributed by atoms with Crippen LogP contribution in [0.15, 0.2) is 36.4 Å². The van der Waals surface area contributed by atoms with Gasteiger partial charge in [-0.05, 0) is 24.3 Å². The molecule has 0 saturated carbocycles. The minimum absolute atomic E-state index is 0.246. The van der Waals surface area contributed by atoms with Crippen molar-refractivity contribution in [2.75, 3.05) is 20.2 Å². The molecule has 3 rings (SSSR count). The predicted octanol–water partition coefficient (Wildman–Crippen LogP) is 2.68. The second-order valence-electron chi connectivity index (χ2n) is 5.77. The molecule has 0 spiro atoms. The quantitative estimate of drug-likeness (QED) is 0.791. The minimum atomic E-state index is -4.77. The highest BCUT2D eigenvalue weighted by Gasteiger charge is 2.32. The zero-order valence-electron chi connectivity index (χ0n) is 14.3. The van der Waals surface area contributed by atoms with Gasteiger partial charge in [-0.15, -0.1) is 23.4 Å². The van der Waals surface area contributed by atoms with Crippen molar-refractivity contribution in [1.82, 2.24) is 15.1 Å². The van der Waals surface area contributed by atoms with Crippen molar-refractivity contribution >= 4 is 5.91 Å². The number of amides is 1. The molecule has 1 aliphatic heterocycles. The fourth-order valence-corrected chi connectivity index (χ4v) is 2.64. The van der Waals surface area contributed by atoms with Gasteiger partial charge < -0.3 is 19.1 Å². The van der Waals surface area contributed by atoms with Gasteiger partial charge in [0.05, 0.1) is 13.7 Å². The van der Waals surface area contributed by atoms with E-state index >= 15 is 0 Å². The molecular formula is C17H16F3N3O4. The van der Waals surface area contributed by atoms with Crippen molar-refractivity contribution in [2.45, 2.75) is 18.9 Å². The second kappa shape index (κ2) is 7.68. The number of benzene rings is 1. The first kappa shape index (κ1) is 18.7. The molecule has 7 nitrogen and oxygen atoms in total. The van der Waals surface area contributed by atoms with Crippen molar-refractivity contribution in [3.8, 4) is 17.5 Å². The highest BCUT2D eigenvalue weighted by molar-refractivity contribution is 5.94. The molecule has 1 aliphatic rings. The van der Waals surface area contributed by atoms with E-state index in [1.807, 2.05) is 0 Å². The summed E-state index contributed by atoms with van der Waals surface area (Å²) >= 11 is 0. The number of carbonyl (C=O) groups is 1. The zero-order valence-corrected chi connectivity index (χ0v) is 14.3. The lowest BCUT2D eigenvalue weighted by molar-refractivity contribution is -0.274. The zero-order chi connectivity index (χ0) is 19.4. The van der Waals surface area contributed by atoms with E-state index in [0.29, 0.717) is 31.3 Å². The van der Waals surface area contributed by atoms with Crippen molar-refractivity contribution in [3.63, 3.8) is 0 Å². The normalized spacial score (nSPS) is 16.9. The van der Waals surface area contributed by atoms with Crippen LogP contribution in [-0.2, 0) is 0 Å². The maximum atomic E-state index is 12.5. The number of nitrogens with zero attached hydrogens (tertiary/aromatic N) is 3. The summed E-state index contributed by atoms with van der Waals surface area (Å²) in [6.07, 6.45) is -4.41. The van der Waals surface area contributed by atoms with Gasteiger partial charge in [0.15, 0.2) is 0 Å². The molecule has 1 atom stereocenters. The van der Waals surface area contributed by atoms with Crippen LogP contribution in [0.3, 0.4) is 0 Å². The Morgan fingerprint density at radius 3 is 2.37 bits per heavy atom. The van der Waals surface area contributed by atoms with Crippen LogP contribution in [0.5, 0.6) is 17.5 Å². The van der Waals surface area contributed by atoms with E-state index in [9.17, 15) is 18.0 Å². The lowest BCUT2D eigenvalue weighted by Gasteiger charge is -2.17. The fraction of sp³-hybridized carbons (Fsp3) is 0.353. The number of halogens is 3. The van der Waals surface area contributed by atoms with Gasteiger partial charge in [-0.2, -0.15) is 0 Å². The maximum Gasteiger partial charge on any atom is 0.573 e. The van der Waals surface area contributed by atoms with Crippen LogP contribution in [0.4, 0.5) is 13.2 Å². The van der Waals surface area contributed by atoms with Gasteiger partial charge in [-0.1, -0.05) is 0 Å². The lowest BCUT2D eigenvalue weighted by atomic mass is 10.2. The molecule has 1 unspecified atom stereocenters. The fourth-order valence-electron chi connectivity index (χ4n) is 2.64. The number of hydrogen-bond acceptors (Lipinski definition) is 6. The van der Waals surface area contributed by atoms with Gasteiger partial charge in [0.1, 0.15) is 11.9 Å². The largest absolute Gasteiger partial charge is 0.573 e. The summed E-state index contributed by atoms with van der Waals surface area (Å²) in [5.74, 6) is 0.0208. The van der Waals surface area contributed by atoms with Gasteiger partial charge >= 0.3 is 6.36 Å².